The lowest BCUT2D eigenvalue weighted by Crippen LogP contribution is -2.11. The summed E-state index contributed by atoms with van der Waals surface area (Å²) in [6.45, 7) is 8.75. The van der Waals surface area contributed by atoms with Gasteiger partial charge in [0.2, 0.25) is 0 Å². The average Bonchev–Trinajstić information content (AvgIpc) is 2.17. The van der Waals surface area contributed by atoms with E-state index >= 15 is 0 Å². The van der Waals surface area contributed by atoms with Gasteiger partial charge in [-0.15, -0.1) is 0 Å². The molecule has 0 aliphatic carbocycles. The number of aryl methyl sites for hydroxylation is 1. The molecule has 0 aliphatic heterocycles. The normalized spacial score (nSPS) is 12.9. The maximum atomic E-state index is 5.75. The van der Waals surface area contributed by atoms with Gasteiger partial charge in [0, 0.05) is 0 Å². The summed E-state index contributed by atoms with van der Waals surface area (Å²) < 4.78 is 0. The third-order valence-electron chi connectivity index (χ3n) is 2.66. The molecule has 1 rings (SSSR count). The van der Waals surface area contributed by atoms with Crippen LogP contribution in [0.3, 0.4) is 0 Å². The third kappa shape index (κ3) is 2.62. The van der Waals surface area contributed by atoms with Crippen LogP contribution in [0, 0.1) is 5.41 Å². The van der Waals surface area contributed by atoms with E-state index in [9.17, 15) is 0 Å². The molecule has 0 amide bonds. The predicted octanol–water partition coefficient (Wildman–Crippen LogP) is 3.59. The highest BCUT2D eigenvalue weighted by Gasteiger charge is 2.19. The summed E-state index contributed by atoms with van der Waals surface area (Å²) in [6.07, 6.45) is 2.79. The van der Waals surface area contributed by atoms with Gasteiger partial charge in [0.1, 0.15) is 0 Å². The number of rotatable bonds is 2. The summed E-state index contributed by atoms with van der Waals surface area (Å²) in [4.78, 5) is 0. The van der Waals surface area contributed by atoms with Crippen LogP contribution in [0.25, 0.3) is 5.57 Å². The van der Waals surface area contributed by atoms with Gasteiger partial charge in [-0.25, -0.2) is 0 Å². The quantitative estimate of drug-likeness (QED) is 0.781. The molecule has 0 saturated heterocycles. The molecule has 1 aromatic rings. The van der Waals surface area contributed by atoms with Gasteiger partial charge < -0.3 is 5.73 Å². The van der Waals surface area contributed by atoms with Gasteiger partial charge in [-0.1, -0.05) is 52.0 Å². The first-order valence-electron chi connectivity index (χ1n) is 5.51. The van der Waals surface area contributed by atoms with Crippen LogP contribution in [0.4, 0.5) is 0 Å². The lowest BCUT2D eigenvalue weighted by Gasteiger charge is -2.24. The second-order valence-electron chi connectivity index (χ2n) is 4.84. The Labute approximate surface area is 93.0 Å². The Morgan fingerprint density at radius 1 is 1.27 bits per heavy atom. The second kappa shape index (κ2) is 4.52. The van der Waals surface area contributed by atoms with E-state index in [1.807, 2.05) is 0 Å². The van der Waals surface area contributed by atoms with Crippen molar-refractivity contribution in [3.63, 3.8) is 0 Å². The molecule has 2 N–H and O–H groups in total. The first-order valence-corrected chi connectivity index (χ1v) is 5.51. The summed E-state index contributed by atoms with van der Waals surface area (Å²) in [5.74, 6) is 0. The molecular weight excluding hydrogens is 182 g/mol. The smallest absolute Gasteiger partial charge is 0.00182 e. The maximum Gasteiger partial charge on any atom is -0.00182 e. The Balaban J connectivity index is 3.25. The number of nitrogens with two attached hydrogens (primary N) is 1. The van der Waals surface area contributed by atoms with E-state index in [0.29, 0.717) is 0 Å². The lowest BCUT2D eigenvalue weighted by molar-refractivity contribution is 0.565. The molecule has 82 valence electrons. The Morgan fingerprint density at radius 2 is 1.87 bits per heavy atom. The molecule has 0 radical (unpaired) electrons. The van der Waals surface area contributed by atoms with Gasteiger partial charge in [-0.3, -0.25) is 0 Å². The summed E-state index contributed by atoms with van der Waals surface area (Å²) >= 11 is 0. The van der Waals surface area contributed by atoms with Crippen molar-refractivity contribution >= 4 is 5.57 Å². The van der Waals surface area contributed by atoms with Crippen LogP contribution < -0.4 is 5.73 Å². The summed E-state index contributed by atoms with van der Waals surface area (Å²) in [7, 11) is 0. The van der Waals surface area contributed by atoms with Gasteiger partial charge in [0.05, 0.1) is 0 Å². The van der Waals surface area contributed by atoms with Crippen molar-refractivity contribution in [3.05, 3.63) is 41.6 Å². The van der Waals surface area contributed by atoms with Crippen molar-refractivity contribution in [2.24, 2.45) is 11.1 Å². The van der Waals surface area contributed by atoms with Crippen LogP contribution in [0.1, 0.15) is 38.8 Å². The van der Waals surface area contributed by atoms with E-state index in [-0.39, 0.29) is 5.41 Å². The Hall–Kier alpha value is -1.24. The van der Waals surface area contributed by atoms with E-state index < -0.39 is 0 Å². The molecule has 15 heavy (non-hydrogen) atoms. The molecule has 0 bridgehead atoms. The topological polar surface area (TPSA) is 26.0 Å². The lowest BCUT2D eigenvalue weighted by atomic mass is 9.81. The van der Waals surface area contributed by atoms with Crippen molar-refractivity contribution in [1.29, 1.82) is 0 Å². The summed E-state index contributed by atoms with van der Waals surface area (Å²) in [6, 6.07) is 8.48. The second-order valence-corrected chi connectivity index (χ2v) is 4.84. The molecule has 0 unspecified atom stereocenters. The van der Waals surface area contributed by atoms with Crippen LogP contribution in [-0.2, 0) is 6.42 Å². The number of allylic oxidation sites excluding steroid dienone is 1. The minimum atomic E-state index is 0.0972. The van der Waals surface area contributed by atoms with Crippen molar-refractivity contribution < 1.29 is 0 Å². The molecule has 1 aromatic carbocycles. The third-order valence-corrected chi connectivity index (χ3v) is 2.66. The molecule has 0 saturated carbocycles. The molecule has 0 spiro atoms. The zero-order valence-electron chi connectivity index (χ0n) is 10.2. The van der Waals surface area contributed by atoms with E-state index in [0.717, 1.165) is 6.42 Å². The Kier molecular flexibility index (Phi) is 3.57. The highest BCUT2D eigenvalue weighted by atomic mass is 14.5. The van der Waals surface area contributed by atoms with Crippen LogP contribution in [0.2, 0.25) is 0 Å². The Bertz CT molecular complexity index is 356. The van der Waals surface area contributed by atoms with Gasteiger partial charge >= 0.3 is 0 Å². The fourth-order valence-electron chi connectivity index (χ4n) is 1.84. The SMILES string of the molecule is CCc1ccccc1/C(=C\N)C(C)(C)C. The summed E-state index contributed by atoms with van der Waals surface area (Å²) in [5, 5.41) is 0. The van der Waals surface area contributed by atoms with Gasteiger partial charge in [-0.2, -0.15) is 0 Å². The standard InChI is InChI=1S/C14H21N/c1-5-11-8-6-7-9-12(11)13(10-15)14(2,3)4/h6-10H,5,15H2,1-4H3/b13-10+. The average molecular weight is 203 g/mol. The molecule has 1 nitrogen and oxygen atoms in total. The van der Waals surface area contributed by atoms with E-state index in [1.54, 1.807) is 6.20 Å². The minimum Gasteiger partial charge on any atom is -0.404 e. The molecular formula is C14H21N. The van der Waals surface area contributed by atoms with E-state index in [2.05, 4.69) is 52.0 Å². The van der Waals surface area contributed by atoms with Crippen molar-refractivity contribution in [3.8, 4) is 0 Å². The number of hydrogen-bond donors (Lipinski definition) is 1. The molecule has 0 atom stereocenters. The summed E-state index contributed by atoms with van der Waals surface area (Å²) in [5.41, 5.74) is 9.72. The molecule has 0 fully saturated rings. The van der Waals surface area contributed by atoms with Gasteiger partial charge in [0.15, 0.2) is 0 Å². The highest BCUT2D eigenvalue weighted by molar-refractivity contribution is 5.71. The Morgan fingerprint density at radius 3 is 2.33 bits per heavy atom. The maximum absolute atomic E-state index is 5.75. The number of benzene rings is 1. The van der Waals surface area contributed by atoms with Crippen LogP contribution in [0.15, 0.2) is 30.5 Å². The first-order chi connectivity index (χ1) is 7.00. The highest BCUT2D eigenvalue weighted by Crippen LogP contribution is 2.34. The van der Waals surface area contributed by atoms with Gasteiger partial charge in [-0.05, 0) is 34.7 Å². The molecule has 0 aliphatic rings. The molecule has 0 heterocycles. The van der Waals surface area contributed by atoms with Gasteiger partial charge in [0.25, 0.3) is 0 Å². The predicted molar refractivity (Wildman–Crippen MR) is 67.4 cm³/mol. The van der Waals surface area contributed by atoms with Crippen molar-refractivity contribution in [2.45, 2.75) is 34.1 Å². The van der Waals surface area contributed by atoms with Crippen LogP contribution in [-0.4, -0.2) is 0 Å². The monoisotopic (exact) mass is 203 g/mol. The zero-order valence-corrected chi connectivity index (χ0v) is 10.2. The number of hydrogen-bond acceptors (Lipinski definition) is 1. The largest absolute Gasteiger partial charge is 0.404 e. The van der Waals surface area contributed by atoms with Crippen LogP contribution >= 0.6 is 0 Å². The minimum absolute atomic E-state index is 0.0972. The van der Waals surface area contributed by atoms with E-state index in [1.165, 1.54) is 16.7 Å². The van der Waals surface area contributed by atoms with E-state index in [4.69, 9.17) is 5.73 Å². The zero-order chi connectivity index (χ0) is 11.5. The fourth-order valence-corrected chi connectivity index (χ4v) is 1.84. The first kappa shape index (κ1) is 11.8. The van der Waals surface area contributed by atoms with Crippen molar-refractivity contribution in [1.82, 2.24) is 0 Å². The fraction of sp³-hybridized carbons (Fsp3) is 0.429. The van der Waals surface area contributed by atoms with Crippen molar-refractivity contribution in [2.75, 3.05) is 0 Å². The van der Waals surface area contributed by atoms with Crippen LogP contribution in [0.5, 0.6) is 0 Å². The molecule has 0 aromatic heterocycles. The molecule has 1 heteroatoms.